The van der Waals surface area contributed by atoms with Crippen LogP contribution in [0.4, 0.5) is 5.82 Å². The number of para-hydroxylation sites is 1. The Morgan fingerprint density at radius 2 is 1.78 bits per heavy atom. The first-order chi connectivity index (χ1) is 10.7. The predicted molar refractivity (Wildman–Crippen MR) is 100 cm³/mol. The lowest BCUT2D eigenvalue weighted by Crippen LogP contribution is -2.31. The van der Waals surface area contributed by atoms with E-state index in [9.17, 15) is 0 Å². The van der Waals surface area contributed by atoms with Gasteiger partial charge in [0, 0.05) is 18.3 Å². The molecule has 0 spiro atoms. The molecule has 3 nitrogen and oxygen atoms in total. The minimum absolute atomic E-state index is 0.0110. The first-order valence-corrected chi connectivity index (χ1v) is 8.09. The molecule has 2 aromatic rings. The minimum atomic E-state index is -0.0110. The summed E-state index contributed by atoms with van der Waals surface area (Å²) in [4.78, 5) is 6.33. The van der Waals surface area contributed by atoms with Crippen molar-refractivity contribution < 1.29 is 4.74 Å². The van der Waals surface area contributed by atoms with E-state index in [0.29, 0.717) is 5.17 Å². The largest absolute Gasteiger partial charge is 0.431 e. The highest BCUT2D eigenvalue weighted by Crippen LogP contribution is 2.31. The van der Waals surface area contributed by atoms with Crippen LogP contribution in [-0.2, 0) is 5.41 Å². The van der Waals surface area contributed by atoms with Gasteiger partial charge in [-0.2, -0.15) is 0 Å². The molecule has 1 aromatic carbocycles. The van der Waals surface area contributed by atoms with Crippen molar-refractivity contribution in [1.82, 2.24) is 4.98 Å². The molecule has 0 N–H and O–H groups in total. The van der Waals surface area contributed by atoms with E-state index >= 15 is 0 Å². The summed E-state index contributed by atoms with van der Waals surface area (Å²) in [6.07, 6.45) is 0. The number of hydrogen-bond acceptors (Lipinski definition) is 3. The zero-order valence-electron chi connectivity index (χ0n) is 14.7. The van der Waals surface area contributed by atoms with E-state index in [1.54, 1.807) is 4.90 Å². The summed E-state index contributed by atoms with van der Waals surface area (Å²) in [6.45, 7) is 10.5. The van der Waals surface area contributed by atoms with Crippen LogP contribution in [0, 0.1) is 13.8 Å². The molecule has 0 unspecified atom stereocenters. The standard InChI is InChI=1S/C19H24N2OS/c1-13-11-14(2)20-17(12-13)21(6)18(23)22-16-10-8-7-9-15(16)19(3,4)5/h7-12H,1-6H3. The molecule has 4 heteroatoms. The van der Waals surface area contributed by atoms with Crippen LogP contribution < -0.4 is 9.64 Å². The molecule has 2 rings (SSSR count). The zero-order chi connectivity index (χ0) is 17.2. The molecule has 1 heterocycles. The molecule has 0 saturated carbocycles. The number of anilines is 1. The van der Waals surface area contributed by atoms with Gasteiger partial charge in [-0.05, 0) is 55.2 Å². The molecular formula is C19H24N2OS. The molecule has 0 bridgehead atoms. The third kappa shape index (κ3) is 4.29. The average Bonchev–Trinajstić information content (AvgIpc) is 2.44. The Balaban J connectivity index is 2.26. The van der Waals surface area contributed by atoms with Crippen molar-refractivity contribution in [2.24, 2.45) is 0 Å². The highest BCUT2D eigenvalue weighted by atomic mass is 32.1. The third-order valence-corrected chi connectivity index (χ3v) is 3.95. The van der Waals surface area contributed by atoms with E-state index in [1.807, 2.05) is 51.2 Å². The second kappa shape index (κ2) is 6.67. The number of benzene rings is 1. The van der Waals surface area contributed by atoms with Gasteiger partial charge in [0.1, 0.15) is 11.6 Å². The Kier molecular flexibility index (Phi) is 5.05. The lowest BCUT2D eigenvalue weighted by molar-refractivity contribution is 0.504. The van der Waals surface area contributed by atoms with E-state index in [0.717, 1.165) is 28.4 Å². The maximum Gasteiger partial charge on any atom is 0.270 e. The summed E-state index contributed by atoms with van der Waals surface area (Å²) in [7, 11) is 1.88. The van der Waals surface area contributed by atoms with Gasteiger partial charge in [-0.25, -0.2) is 4.98 Å². The van der Waals surface area contributed by atoms with Crippen LogP contribution in [0.25, 0.3) is 0 Å². The molecule has 1 aromatic heterocycles. The molecule has 0 saturated heterocycles. The highest BCUT2D eigenvalue weighted by Gasteiger charge is 2.20. The first kappa shape index (κ1) is 17.4. The van der Waals surface area contributed by atoms with Gasteiger partial charge in [0.2, 0.25) is 0 Å². The van der Waals surface area contributed by atoms with Crippen molar-refractivity contribution in [1.29, 1.82) is 0 Å². The molecule has 122 valence electrons. The Morgan fingerprint density at radius 1 is 1.13 bits per heavy atom. The van der Waals surface area contributed by atoms with Crippen molar-refractivity contribution in [3.63, 3.8) is 0 Å². The monoisotopic (exact) mass is 328 g/mol. The first-order valence-electron chi connectivity index (χ1n) is 7.69. The fourth-order valence-corrected chi connectivity index (χ4v) is 2.61. The Hall–Kier alpha value is -1.94. The summed E-state index contributed by atoms with van der Waals surface area (Å²) in [5, 5.41) is 0.388. The lowest BCUT2D eigenvalue weighted by atomic mass is 9.86. The summed E-state index contributed by atoms with van der Waals surface area (Å²) in [5.74, 6) is 1.59. The molecule has 0 radical (unpaired) electrons. The van der Waals surface area contributed by atoms with Gasteiger partial charge >= 0.3 is 0 Å². The van der Waals surface area contributed by atoms with Gasteiger partial charge in [-0.1, -0.05) is 39.0 Å². The smallest absolute Gasteiger partial charge is 0.270 e. The molecule has 0 aliphatic carbocycles. The van der Waals surface area contributed by atoms with Crippen LogP contribution in [-0.4, -0.2) is 17.2 Å². The molecule has 0 amide bonds. The van der Waals surface area contributed by atoms with Crippen molar-refractivity contribution in [2.45, 2.75) is 40.0 Å². The van der Waals surface area contributed by atoms with E-state index in [-0.39, 0.29) is 5.41 Å². The van der Waals surface area contributed by atoms with Gasteiger partial charge in [-0.15, -0.1) is 0 Å². The van der Waals surface area contributed by atoms with Gasteiger partial charge in [-0.3, -0.25) is 4.90 Å². The molecular weight excluding hydrogens is 304 g/mol. The van der Waals surface area contributed by atoms with Gasteiger partial charge in [0.25, 0.3) is 5.17 Å². The number of aryl methyl sites for hydroxylation is 2. The topological polar surface area (TPSA) is 25.4 Å². The van der Waals surface area contributed by atoms with Crippen LogP contribution in [0.2, 0.25) is 0 Å². The zero-order valence-corrected chi connectivity index (χ0v) is 15.5. The highest BCUT2D eigenvalue weighted by molar-refractivity contribution is 7.80. The quantitative estimate of drug-likeness (QED) is 0.740. The minimum Gasteiger partial charge on any atom is -0.431 e. The van der Waals surface area contributed by atoms with E-state index in [2.05, 4.69) is 31.8 Å². The number of hydrogen-bond donors (Lipinski definition) is 0. The van der Waals surface area contributed by atoms with Crippen molar-refractivity contribution in [3.05, 3.63) is 53.2 Å². The van der Waals surface area contributed by atoms with Crippen molar-refractivity contribution in [2.75, 3.05) is 11.9 Å². The average molecular weight is 328 g/mol. The third-order valence-electron chi connectivity index (χ3n) is 3.59. The van der Waals surface area contributed by atoms with Gasteiger partial charge in [0.15, 0.2) is 0 Å². The number of rotatable bonds is 2. The van der Waals surface area contributed by atoms with Crippen molar-refractivity contribution in [3.8, 4) is 5.75 Å². The Morgan fingerprint density at radius 3 is 2.39 bits per heavy atom. The summed E-state index contributed by atoms with van der Waals surface area (Å²) in [5.41, 5.74) is 3.23. The number of aromatic nitrogens is 1. The second-order valence-electron chi connectivity index (χ2n) is 6.82. The van der Waals surface area contributed by atoms with Crippen molar-refractivity contribution >= 4 is 23.2 Å². The SMILES string of the molecule is Cc1cc(C)nc(N(C)C(=S)Oc2ccccc2C(C)(C)C)c1. The van der Waals surface area contributed by atoms with Crippen LogP contribution in [0.1, 0.15) is 37.6 Å². The van der Waals surface area contributed by atoms with Crippen LogP contribution in [0.3, 0.4) is 0 Å². The van der Waals surface area contributed by atoms with Gasteiger partial charge in [0.05, 0.1) is 0 Å². The second-order valence-corrected chi connectivity index (χ2v) is 7.17. The Bertz CT molecular complexity index is 699. The molecule has 0 fully saturated rings. The fourth-order valence-electron chi connectivity index (χ4n) is 2.42. The number of ether oxygens (including phenoxy) is 1. The Labute approximate surface area is 144 Å². The van der Waals surface area contributed by atoms with E-state index in [4.69, 9.17) is 17.0 Å². The predicted octanol–water partition coefficient (Wildman–Crippen LogP) is 4.80. The van der Waals surface area contributed by atoms with Crippen LogP contribution in [0.5, 0.6) is 5.75 Å². The number of thiocarbonyl (C=S) groups is 1. The summed E-state index contributed by atoms with van der Waals surface area (Å²) < 4.78 is 5.99. The summed E-state index contributed by atoms with van der Waals surface area (Å²) in [6, 6.07) is 12.0. The normalized spacial score (nSPS) is 11.2. The lowest BCUT2D eigenvalue weighted by Gasteiger charge is -2.25. The number of pyridine rings is 1. The fraction of sp³-hybridized carbons (Fsp3) is 0.368. The van der Waals surface area contributed by atoms with Gasteiger partial charge < -0.3 is 4.74 Å². The number of nitrogens with zero attached hydrogens (tertiary/aromatic N) is 2. The molecule has 0 aliphatic heterocycles. The maximum atomic E-state index is 5.99. The summed E-state index contributed by atoms with van der Waals surface area (Å²) >= 11 is 5.47. The molecule has 0 aliphatic rings. The van der Waals surface area contributed by atoms with Crippen LogP contribution in [0.15, 0.2) is 36.4 Å². The van der Waals surface area contributed by atoms with Crippen LogP contribution >= 0.6 is 12.2 Å². The van der Waals surface area contributed by atoms with E-state index in [1.165, 1.54) is 0 Å². The van der Waals surface area contributed by atoms with E-state index < -0.39 is 0 Å². The molecule has 23 heavy (non-hydrogen) atoms. The maximum absolute atomic E-state index is 5.99. The molecule has 0 atom stereocenters.